The Labute approximate surface area is 160 Å². The summed E-state index contributed by atoms with van der Waals surface area (Å²) in [6, 6.07) is 10.2. The molecule has 7 nitrogen and oxygen atoms in total. The van der Waals surface area contributed by atoms with Crippen LogP contribution in [0.3, 0.4) is 0 Å². The largest absolute Gasteiger partial charge is 0.444 e. The van der Waals surface area contributed by atoms with Crippen LogP contribution < -0.4 is 10.6 Å². The number of nitrogens with one attached hydrogen (secondary N) is 2. The Morgan fingerprint density at radius 2 is 1.85 bits per heavy atom. The highest BCUT2D eigenvalue weighted by Crippen LogP contribution is 2.07. The van der Waals surface area contributed by atoms with Gasteiger partial charge >= 0.3 is 6.09 Å². The van der Waals surface area contributed by atoms with Crippen molar-refractivity contribution in [3.8, 4) is 0 Å². The van der Waals surface area contributed by atoms with Gasteiger partial charge in [0.1, 0.15) is 11.4 Å². The molecule has 0 radical (unpaired) electrons. The lowest BCUT2D eigenvalue weighted by molar-refractivity contribution is -0.120. The van der Waals surface area contributed by atoms with E-state index in [-0.39, 0.29) is 18.9 Å². The number of nitrogens with zero attached hydrogens (tertiary/aromatic N) is 2. The van der Waals surface area contributed by atoms with Gasteiger partial charge in [-0.2, -0.15) is 0 Å². The number of rotatable bonds is 8. The van der Waals surface area contributed by atoms with Crippen molar-refractivity contribution < 1.29 is 14.3 Å². The van der Waals surface area contributed by atoms with Crippen molar-refractivity contribution in [3.05, 3.63) is 54.1 Å². The number of carbonyl (C=O) groups is 2. The molecule has 0 unspecified atom stereocenters. The summed E-state index contributed by atoms with van der Waals surface area (Å²) in [4.78, 5) is 27.8. The van der Waals surface area contributed by atoms with E-state index < -0.39 is 11.7 Å². The molecule has 0 spiro atoms. The number of carbonyl (C=O) groups excluding carboxylic acids is 2. The first-order valence-corrected chi connectivity index (χ1v) is 9.11. The topological polar surface area (TPSA) is 85.2 Å². The molecule has 146 valence electrons. The van der Waals surface area contributed by atoms with E-state index in [4.69, 9.17) is 4.74 Å². The van der Waals surface area contributed by atoms with E-state index in [0.717, 1.165) is 12.4 Å². The molecule has 1 aromatic carbocycles. The third kappa shape index (κ3) is 7.94. The quantitative estimate of drug-likeness (QED) is 0.746. The van der Waals surface area contributed by atoms with Crippen molar-refractivity contribution >= 4 is 12.0 Å². The first-order chi connectivity index (χ1) is 12.8. The Hall–Kier alpha value is -2.83. The summed E-state index contributed by atoms with van der Waals surface area (Å²) < 4.78 is 7.19. The van der Waals surface area contributed by atoms with E-state index in [0.29, 0.717) is 13.0 Å². The van der Waals surface area contributed by atoms with Crippen LogP contribution in [0.1, 0.15) is 38.6 Å². The molecule has 2 aromatic rings. The number of hydrogen-bond acceptors (Lipinski definition) is 4. The van der Waals surface area contributed by atoms with E-state index in [1.807, 2.05) is 24.4 Å². The summed E-state index contributed by atoms with van der Waals surface area (Å²) in [5.74, 6) is 0.804. The van der Waals surface area contributed by atoms with Crippen molar-refractivity contribution in [2.45, 2.75) is 45.8 Å². The summed E-state index contributed by atoms with van der Waals surface area (Å²) in [6.07, 6.45) is 4.04. The summed E-state index contributed by atoms with van der Waals surface area (Å²) in [6.45, 7) is 6.87. The minimum absolute atomic E-state index is 0.118. The lowest BCUT2D eigenvalue weighted by atomic mass is 10.2. The van der Waals surface area contributed by atoms with Gasteiger partial charge in [-0.3, -0.25) is 4.79 Å². The average Bonchev–Trinajstić information content (AvgIpc) is 3.01. The Bertz CT molecular complexity index is 735. The monoisotopic (exact) mass is 372 g/mol. The molecule has 27 heavy (non-hydrogen) atoms. The van der Waals surface area contributed by atoms with Crippen molar-refractivity contribution in [1.29, 1.82) is 0 Å². The van der Waals surface area contributed by atoms with Gasteiger partial charge in [-0.15, -0.1) is 0 Å². The van der Waals surface area contributed by atoms with Crippen LogP contribution in [0.15, 0.2) is 42.7 Å². The van der Waals surface area contributed by atoms with E-state index in [1.54, 1.807) is 27.0 Å². The van der Waals surface area contributed by atoms with Gasteiger partial charge in [-0.1, -0.05) is 30.3 Å². The fourth-order valence-electron chi connectivity index (χ4n) is 2.49. The van der Waals surface area contributed by atoms with E-state index >= 15 is 0 Å². The first kappa shape index (κ1) is 20.5. The Morgan fingerprint density at radius 3 is 2.56 bits per heavy atom. The van der Waals surface area contributed by atoms with Crippen LogP contribution in [-0.4, -0.2) is 40.2 Å². The van der Waals surface area contributed by atoms with Gasteiger partial charge in [0.25, 0.3) is 0 Å². The molecule has 0 aliphatic heterocycles. The number of alkyl carbamates (subject to hydrolysis) is 1. The molecule has 2 amide bonds. The molecule has 0 fully saturated rings. The summed E-state index contributed by atoms with van der Waals surface area (Å²) in [7, 11) is 0. The molecule has 0 bridgehead atoms. The zero-order chi connectivity index (χ0) is 19.7. The maximum atomic E-state index is 11.9. The Morgan fingerprint density at radius 1 is 1.11 bits per heavy atom. The SMILES string of the molecule is CC(C)(C)OC(=O)NCCC(=O)NCCc1nccn1Cc1ccccc1. The average molecular weight is 372 g/mol. The van der Waals surface area contributed by atoms with E-state index in [1.165, 1.54) is 5.56 Å². The second kappa shape index (κ2) is 9.75. The first-order valence-electron chi connectivity index (χ1n) is 9.11. The van der Waals surface area contributed by atoms with Crippen LogP contribution in [0, 0.1) is 0 Å². The van der Waals surface area contributed by atoms with Crippen molar-refractivity contribution in [3.63, 3.8) is 0 Å². The normalized spacial score (nSPS) is 11.1. The van der Waals surface area contributed by atoms with Crippen LogP contribution in [0.2, 0.25) is 0 Å². The molecule has 0 atom stereocenters. The van der Waals surface area contributed by atoms with Gasteiger partial charge in [-0.25, -0.2) is 9.78 Å². The fourth-order valence-corrected chi connectivity index (χ4v) is 2.49. The van der Waals surface area contributed by atoms with Gasteiger partial charge in [0.15, 0.2) is 0 Å². The lowest BCUT2D eigenvalue weighted by Gasteiger charge is -2.19. The number of benzene rings is 1. The van der Waals surface area contributed by atoms with Crippen molar-refractivity contribution in [2.24, 2.45) is 0 Å². The number of imidazole rings is 1. The maximum absolute atomic E-state index is 11.9. The molecular formula is C20H28N4O3. The van der Waals surface area contributed by atoms with Gasteiger partial charge in [0, 0.05) is 44.9 Å². The Kier molecular flexibility index (Phi) is 7.40. The lowest BCUT2D eigenvalue weighted by Crippen LogP contribution is -2.35. The van der Waals surface area contributed by atoms with Gasteiger partial charge < -0.3 is 19.9 Å². The standard InChI is InChI=1S/C20H28N4O3/c1-20(2,3)27-19(26)23-12-10-18(25)22-11-9-17-21-13-14-24(17)15-16-7-5-4-6-8-16/h4-8,13-14H,9-12,15H2,1-3H3,(H,22,25)(H,23,26). The van der Waals surface area contributed by atoms with Gasteiger partial charge in [-0.05, 0) is 26.3 Å². The summed E-state index contributed by atoms with van der Waals surface area (Å²) in [5, 5.41) is 5.42. The number of hydrogen-bond donors (Lipinski definition) is 2. The molecule has 2 N–H and O–H groups in total. The van der Waals surface area contributed by atoms with Crippen LogP contribution in [-0.2, 0) is 22.5 Å². The maximum Gasteiger partial charge on any atom is 0.407 e. The van der Waals surface area contributed by atoms with E-state index in [9.17, 15) is 9.59 Å². The molecule has 0 aliphatic carbocycles. The zero-order valence-electron chi connectivity index (χ0n) is 16.2. The van der Waals surface area contributed by atoms with Crippen molar-refractivity contribution in [1.82, 2.24) is 20.2 Å². The van der Waals surface area contributed by atoms with Crippen LogP contribution >= 0.6 is 0 Å². The Balaban J connectivity index is 1.67. The summed E-state index contributed by atoms with van der Waals surface area (Å²) >= 11 is 0. The molecule has 7 heteroatoms. The summed E-state index contributed by atoms with van der Waals surface area (Å²) in [5.41, 5.74) is 0.655. The third-order valence-corrected chi connectivity index (χ3v) is 3.69. The number of aromatic nitrogens is 2. The van der Waals surface area contributed by atoms with Gasteiger partial charge in [0.2, 0.25) is 5.91 Å². The third-order valence-electron chi connectivity index (χ3n) is 3.69. The molecule has 1 heterocycles. The molecular weight excluding hydrogens is 344 g/mol. The fraction of sp³-hybridized carbons (Fsp3) is 0.450. The highest BCUT2D eigenvalue weighted by molar-refractivity contribution is 5.77. The van der Waals surface area contributed by atoms with E-state index in [2.05, 4.69) is 32.3 Å². The molecule has 0 saturated heterocycles. The minimum Gasteiger partial charge on any atom is -0.444 e. The molecule has 0 saturated carbocycles. The highest BCUT2D eigenvalue weighted by atomic mass is 16.6. The molecule has 0 aliphatic rings. The number of amides is 2. The second-order valence-corrected chi connectivity index (χ2v) is 7.24. The van der Waals surface area contributed by atoms with Gasteiger partial charge in [0.05, 0.1) is 0 Å². The predicted octanol–water partition coefficient (Wildman–Crippen LogP) is 2.50. The smallest absolute Gasteiger partial charge is 0.407 e. The van der Waals surface area contributed by atoms with Crippen molar-refractivity contribution in [2.75, 3.05) is 13.1 Å². The van der Waals surface area contributed by atoms with Crippen LogP contribution in [0.4, 0.5) is 4.79 Å². The molecule has 2 rings (SSSR count). The zero-order valence-corrected chi connectivity index (χ0v) is 16.2. The highest BCUT2D eigenvalue weighted by Gasteiger charge is 2.15. The van der Waals surface area contributed by atoms with Crippen LogP contribution in [0.5, 0.6) is 0 Å². The minimum atomic E-state index is -0.548. The second-order valence-electron chi connectivity index (χ2n) is 7.24. The predicted molar refractivity (Wildman–Crippen MR) is 103 cm³/mol. The number of ether oxygens (including phenoxy) is 1. The molecule has 1 aromatic heterocycles. The van der Waals surface area contributed by atoms with Crippen LogP contribution in [0.25, 0.3) is 0 Å².